The van der Waals surface area contributed by atoms with Crippen LogP contribution in [0.15, 0.2) is 66.7 Å². The fourth-order valence-electron chi connectivity index (χ4n) is 2.88. The molecule has 132 valence electrons. The zero-order valence-electron chi connectivity index (χ0n) is 14.1. The van der Waals surface area contributed by atoms with E-state index in [1.165, 1.54) is 0 Å². The number of hydrogen-bond donors (Lipinski definition) is 1. The summed E-state index contributed by atoms with van der Waals surface area (Å²) in [4.78, 5) is 0. The summed E-state index contributed by atoms with van der Waals surface area (Å²) in [5.41, 5.74) is 1.42. The fourth-order valence-corrected chi connectivity index (χ4v) is 5.99. The van der Waals surface area contributed by atoms with Crippen LogP contribution in [0.4, 0.5) is 0 Å². The molecule has 0 aliphatic carbocycles. The molecule has 0 amide bonds. The van der Waals surface area contributed by atoms with Gasteiger partial charge in [-0.3, -0.25) is 0 Å². The van der Waals surface area contributed by atoms with Gasteiger partial charge in [-0.05, 0) is 66.2 Å². The number of benzene rings is 3. The van der Waals surface area contributed by atoms with Gasteiger partial charge < -0.3 is 9.67 Å². The van der Waals surface area contributed by atoms with E-state index in [-0.39, 0.29) is 6.61 Å². The number of aliphatic hydroxyl groups is 1. The quantitative estimate of drug-likeness (QED) is 0.691. The van der Waals surface area contributed by atoms with Crippen LogP contribution in [0.5, 0.6) is 0 Å². The molecule has 4 nitrogen and oxygen atoms in total. The number of nitriles is 2. The van der Waals surface area contributed by atoms with E-state index in [2.05, 4.69) is 0 Å². The van der Waals surface area contributed by atoms with Crippen LogP contribution in [-0.2, 0) is 11.2 Å². The van der Waals surface area contributed by atoms with Crippen molar-refractivity contribution in [3.63, 3.8) is 0 Å². The van der Waals surface area contributed by atoms with E-state index in [0.29, 0.717) is 37.6 Å². The third kappa shape index (κ3) is 3.52. The molecule has 1 N–H and O–H groups in total. The minimum atomic E-state index is -3.38. The van der Waals surface area contributed by atoms with Gasteiger partial charge in [-0.2, -0.15) is 10.5 Å². The van der Waals surface area contributed by atoms with E-state index in [4.69, 9.17) is 22.1 Å². The van der Waals surface area contributed by atoms with Gasteiger partial charge in [-0.1, -0.05) is 17.7 Å². The van der Waals surface area contributed by atoms with Crippen LogP contribution in [0, 0.1) is 22.7 Å². The van der Waals surface area contributed by atoms with Gasteiger partial charge in [0.2, 0.25) is 0 Å². The van der Waals surface area contributed by atoms with Gasteiger partial charge in [0.25, 0.3) is 0 Å². The Morgan fingerprint density at radius 2 is 1.33 bits per heavy atom. The first-order valence-corrected chi connectivity index (χ1v) is 10.1. The zero-order valence-corrected chi connectivity index (χ0v) is 15.8. The van der Waals surface area contributed by atoms with Gasteiger partial charge in [0.1, 0.15) is 0 Å². The largest absolute Gasteiger partial charge is 0.392 e. The molecular formula is C21H14ClN2O2P. The Hall–Kier alpha value is -2.88. The van der Waals surface area contributed by atoms with E-state index in [0.717, 1.165) is 0 Å². The van der Waals surface area contributed by atoms with Crippen LogP contribution < -0.4 is 15.9 Å². The van der Waals surface area contributed by atoms with Crippen molar-refractivity contribution in [3.8, 4) is 12.1 Å². The average molecular weight is 393 g/mol. The lowest BCUT2D eigenvalue weighted by Gasteiger charge is -2.22. The molecule has 0 bridgehead atoms. The molecule has 0 aliphatic rings. The van der Waals surface area contributed by atoms with Crippen LogP contribution in [-0.4, -0.2) is 5.11 Å². The van der Waals surface area contributed by atoms with Gasteiger partial charge in [0.05, 0.1) is 29.9 Å². The Balaban J connectivity index is 2.32. The molecule has 3 aromatic rings. The van der Waals surface area contributed by atoms with E-state index in [9.17, 15) is 9.67 Å². The predicted molar refractivity (Wildman–Crippen MR) is 106 cm³/mol. The molecular weight excluding hydrogens is 379 g/mol. The third-order valence-electron chi connectivity index (χ3n) is 4.28. The number of hydrogen-bond acceptors (Lipinski definition) is 4. The van der Waals surface area contributed by atoms with Crippen molar-refractivity contribution in [1.82, 2.24) is 0 Å². The van der Waals surface area contributed by atoms with Crippen molar-refractivity contribution >= 4 is 34.7 Å². The summed E-state index contributed by atoms with van der Waals surface area (Å²) in [5.74, 6) is 0. The van der Waals surface area contributed by atoms with Crippen LogP contribution in [0.3, 0.4) is 0 Å². The topological polar surface area (TPSA) is 84.9 Å². The maximum absolute atomic E-state index is 14.4. The highest BCUT2D eigenvalue weighted by molar-refractivity contribution is 7.85. The molecule has 3 rings (SSSR count). The van der Waals surface area contributed by atoms with Crippen molar-refractivity contribution in [1.29, 1.82) is 10.5 Å². The van der Waals surface area contributed by atoms with Gasteiger partial charge in [-0.25, -0.2) is 0 Å². The lowest BCUT2D eigenvalue weighted by molar-refractivity contribution is 0.283. The molecule has 0 aliphatic heterocycles. The minimum absolute atomic E-state index is 0.289. The molecule has 0 atom stereocenters. The number of rotatable bonds is 4. The van der Waals surface area contributed by atoms with Crippen LogP contribution >= 0.6 is 18.7 Å². The molecule has 0 aromatic heterocycles. The highest BCUT2D eigenvalue weighted by Crippen LogP contribution is 2.44. The SMILES string of the molecule is N#Cc1ccc(P(=O)(c2ccc(C#N)cc2)c2cc(Cl)ccc2CO)cc1. The molecule has 6 heteroatoms. The lowest BCUT2D eigenvalue weighted by atomic mass is 10.2. The number of halogens is 1. The van der Waals surface area contributed by atoms with Crippen LogP contribution in [0.2, 0.25) is 5.02 Å². The summed E-state index contributed by atoms with van der Waals surface area (Å²) in [6.07, 6.45) is 0. The summed E-state index contributed by atoms with van der Waals surface area (Å²) in [6.45, 7) is -0.289. The Kier molecular flexibility index (Phi) is 5.45. The highest BCUT2D eigenvalue weighted by Gasteiger charge is 2.32. The molecule has 0 saturated carbocycles. The van der Waals surface area contributed by atoms with Gasteiger partial charge in [-0.15, -0.1) is 0 Å². The van der Waals surface area contributed by atoms with Gasteiger partial charge >= 0.3 is 0 Å². The number of aliphatic hydroxyl groups excluding tert-OH is 1. The molecule has 3 aromatic carbocycles. The fraction of sp³-hybridized carbons (Fsp3) is 0.0476. The second kappa shape index (κ2) is 7.78. The first-order chi connectivity index (χ1) is 13.0. The van der Waals surface area contributed by atoms with E-state index in [1.807, 2.05) is 12.1 Å². The summed E-state index contributed by atoms with van der Waals surface area (Å²) < 4.78 is 14.4. The minimum Gasteiger partial charge on any atom is -0.392 e. The Bertz CT molecular complexity index is 1050. The van der Waals surface area contributed by atoms with Gasteiger partial charge in [0, 0.05) is 20.9 Å². The third-order valence-corrected chi connectivity index (χ3v) is 7.66. The Morgan fingerprint density at radius 3 is 1.74 bits per heavy atom. The second-order valence-corrected chi connectivity index (χ2v) is 9.03. The maximum Gasteiger partial charge on any atom is 0.171 e. The number of nitrogens with zero attached hydrogens (tertiary/aromatic N) is 2. The molecule has 0 unspecified atom stereocenters. The zero-order chi connectivity index (χ0) is 19.4. The van der Waals surface area contributed by atoms with Gasteiger partial charge in [0.15, 0.2) is 7.14 Å². The predicted octanol–water partition coefficient (Wildman–Crippen LogP) is 3.22. The Labute approximate surface area is 162 Å². The highest BCUT2D eigenvalue weighted by atomic mass is 35.5. The monoisotopic (exact) mass is 392 g/mol. The van der Waals surface area contributed by atoms with E-state index < -0.39 is 7.14 Å². The van der Waals surface area contributed by atoms with Crippen molar-refractivity contribution in [2.24, 2.45) is 0 Å². The molecule has 0 heterocycles. The first-order valence-electron chi connectivity index (χ1n) is 8.04. The average Bonchev–Trinajstić information content (AvgIpc) is 2.73. The summed E-state index contributed by atoms with van der Waals surface area (Å²) in [7, 11) is -3.38. The Morgan fingerprint density at radius 1 is 0.852 bits per heavy atom. The lowest BCUT2D eigenvalue weighted by Crippen LogP contribution is -2.27. The first kappa shape index (κ1) is 18.9. The van der Waals surface area contributed by atoms with E-state index in [1.54, 1.807) is 66.7 Å². The van der Waals surface area contributed by atoms with Crippen LogP contribution in [0.1, 0.15) is 16.7 Å². The molecule has 0 saturated heterocycles. The molecule has 0 fully saturated rings. The van der Waals surface area contributed by atoms with Crippen molar-refractivity contribution in [2.75, 3.05) is 0 Å². The van der Waals surface area contributed by atoms with Crippen molar-refractivity contribution in [2.45, 2.75) is 6.61 Å². The normalized spacial score (nSPS) is 10.8. The molecule has 0 radical (unpaired) electrons. The second-order valence-electron chi connectivity index (χ2n) is 5.86. The molecule has 0 spiro atoms. The van der Waals surface area contributed by atoms with Crippen LogP contribution in [0.25, 0.3) is 0 Å². The standard InChI is InChI=1S/C21H14ClN2O2P/c22-18-6-5-17(14-25)21(11-18)27(26,19-7-1-15(12-23)2-8-19)20-9-3-16(13-24)4-10-20/h1-11,25H,14H2. The van der Waals surface area contributed by atoms with Crippen molar-refractivity contribution < 1.29 is 9.67 Å². The summed E-state index contributed by atoms with van der Waals surface area (Å²) in [6, 6.07) is 22.0. The summed E-state index contributed by atoms with van der Waals surface area (Å²) in [5, 5.41) is 29.7. The molecule has 27 heavy (non-hydrogen) atoms. The smallest absolute Gasteiger partial charge is 0.171 e. The van der Waals surface area contributed by atoms with Crippen molar-refractivity contribution in [3.05, 3.63) is 88.4 Å². The van der Waals surface area contributed by atoms with E-state index >= 15 is 0 Å². The summed E-state index contributed by atoms with van der Waals surface area (Å²) >= 11 is 6.16. The maximum atomic E-state index is 14.4.